The molecule has 7 heteroatoms. The van der Waals surface area contributed by atoms with Gasteiger partial charge in [0.05, 0.1) is 7.11 Å². The first-order chi connectivity index (χ1) is 13.9. The summed E-state index contributed by atoms with van der Waals surface area (Å²) in [6.07, 6.45) is 6.29. The van der Waals surface area contributed by atoms with Crippen molar-refractivity contribution in [1.82, 2.24) is 10.2 Å². The first-order valence-corrected chi connectivity index (χ1v) is 10.0. The number of carbonyl (C=O) groups excluding carboxylic acids is 3. The van der Waals surface area contributed by atoms with Crippen LogP contribution in [0.2, 0.25) is 0 Å². The number of hydrogen-bond acceptors (Lipinski definition) is 5. The second-order valence-electron chi connectivity index (χ2n) is 7.16. The molecule has 0 saturated carbocycles. The largest absolute Gasteiger partial charge is 0.497 e. The third-order valence-electron chi connectivity index (χ3n) is 4.81. The van der Waals surface area contributed by atoms with Crippen molar-refractivity contribution in [2.45, 2.75) is 51.7 Å². The molecule has 0 radical (unpaired) electrons. The highest BCUT2D eigenvalue weighted by Crippen LogP contribution is 2.13. The summed E-state index contributed by atoms with van der Waals surface area (Å²) in [6, 6.07) is 6.36. The van der Waals surface area contributed by atoms with Crippen LogP contribution in [0, 0.1) is 0 Å². The Labute approximate surface area is 172 Å². The van der Waals surface area contributed by atoms with Gasteiger partial charge in [-0.3, -0.25) is 9.59 Å². The number of esters is 1. The molecule has 2 amide bonds. The fourth-order valence-corrected chi connectivity index (χ4v) is 3.08. The van der Waals surface area contributed by atoms with Gasteiger partial charge in [-0.15, -0.1) is 0 Å². The zero-order chi connectivity index (χ0) is 21.2. The Hall–Kier alpha value is -2.83. The molecule has 0 aliphatic carbocycles. The highest BCUT2D eigenvalue weighted by Gasteiger charge is 2.26. The summed E-state index contributed by atoms with van der Waals surface area (Å²) in [5.41, 5.74) is 0.827. The Morgan fingerprint density at radius 3 is 2.24 bits per heavy atom. The van der Waals surface area contributed by atoms with E-state index >= 15 is 0 Å². The van der Waals surface area contributed by atoms with Crippen LogP contribution < -0.4 is 10.1 Å². The fraction of sp³-hybridized carbons (Fsp3) is 0.500. The number of rotatable bonds is 7. The minimum Gasteiger partial charge on any atom is -0.497 e. The second-order valence-corrected chi connectivity index (χ2v) is 7.16. The van der Waals surface area contributed by atoms with E-state index in [-0.39, 0.29) is 5.91 Å². The third kappa shape index (κ3) is 7.25. The summed E-state index contributed by atoms with van der Waals surface area (Å²) in [6.45, 7) is 4.50. The standard InChI is InChI=1S/C22H30N2O5/c1-16(23-20(25)13-10-18-8-11-19(28-3)12-9-18)22(27)29-17(2)21(26)24-14-6-4-5-7-15-24/h8-13,16-17H,4-7,14-15H2,1-3H3,(H,23,25)/b13-10+/t16-,17?/m0/s1. The highest BCUT2D eigenvalue weighted by molar-refractivity contribution is 5.95. The van der Waals surface area contributed by atoms with Crippen molar-refractivity contribution >= 4 is 23.9 Å². The van der Waals surface area contributed by atoms with Crippen LogP contribution >= 0.6 is 0 Å². The van der Waals surface area contributed by atoms with Gasteiger partial charge in [0.25, 0.3) is 5.91 Å². The summed E-state index contributed by atoms with van der Waals surface area (Å²) >= 11 is 0. The van der Waals surface area contributed by atoms with Crippen LogP contribution in [0.5, 0.6) is 5.75 Å². The molecule has 1 aliphatic rings. The Kier molecular flexibility index (Phi) is 8.70. The van der Waals surface area contributed by atoms with Crippen LogP contribution in [0.25, 0.3) is 6.08 Å². The molecule has 1 saturated heterocycles. The summed E-state index contributed by atoms with van der Waals surface area (Å²) in [5.74, 6) is -0.506. The quantitative estimate of drug-likeness (QED) is 0.560. The van der Waals surface area contributed by atoms with E-state index in [1.807, 2.05) is 12.1 Å². The van der Waals surface area contributed by atoms with E-state index in [0.717, 1.165) is 37.0 Å². The molecule has 1 fully saturated rings. The van der Waals surface area contributed by atoms with Crippen LogP contribution in [0.1, 0.15) is 45.1 Å². The van der Waals surface area contributed by atoms with E-state index in [1.165, 1.54) is 13.0 Å². The van der Waals surface area contributed by atoms with E-state index in [1.54, 1.807) is 37.1 Å². The Bertz CT molecular complexity index is 721. The second kappa shape index (κ2) is 11.2. The molecule has 1 N–H and O–H groups in total. The topological polar surface area (TPSA) is 84.9 Å². The maximum atomic E-state index is 12.5. The molecular weight excluding hydrogens is 372 g/mol. The average Bonchev–Trinajstić information content (AvgIpc) is 3.01. The number of nitrogens with zero attached hydrogens (tertiary/aromatic N) is 1. The molecule has 0 bridgehead atoms. The molecule has 158 valence electrons. The van der Waals surface area contributed by atoms with Gasteiger partial charge in [0, 0.05) is 19.2 Å². The van der Waals surface area contributed by atoms with Crippen LogP contribution in [0.4, 0.5) is 0 Å². The number of carbonyl (C=O) groups is 3. The number of ether oxygens (including phenoxy) is 2. The first-order valence-electron chi connectivity index (χ1n) is 10.0. The summed E-state index contributed by atoms with van der Waals surface area (Å²) in [5, 5.41) is 2.56. The lowest BCUT2D eigenvalue weighted by Crippen LogP contribution is -2.44. The van der Waals surface area contributed by atoms with E-state index < -0.39 is 24.0 Å². The van der Waals surface area contributed by atoms with Gasteiger partial charge in [0.1, 0.15) is 11.8 Å². The maximum absolute atomic E-state index is 12.5. The van der Waals surface area contributed by atoms with E-state index in [4.69, 9.17) is 9.47 Å². The van der Waals surface area contributed by atoms with Crippen LogP contribution in [-0.2, 0) is 19.1 Å². The van der Waals surface area contributed by atoms with Gasteiger partial charge in [-0.25, -0.2) is 4.79 Å². The smallest absolute Gasteiger partial charge is 0.329 e. The van der Waals surface area contributed by atoms with E-state index in [0.29, 0.717) is 13.1 Å². The lowest BCUT2D eigenvalue weighted by atomic mass is 10.2. The number of methoxy groups -OCH3 is 1. The molecular formula is C22H30N2O5. The summed E-state index contributed by atoms with van der Waals surface area (Å²) < 4.78 is 10.4. The van der Waals surface area contributed by atoms with Crippen LogP contribution in [-0.4, -0.2) is 55.0 Å². The van der Waals surface area contributed by atoms with Gasteiger partial charge in [-0.05, 0) is 50.5 Å². The molecule has 0 spiro atoms. The summed E-state index contributed by atoms with van der Waals surface area (Å²) in [7, 11) is 1.58. The number of amides is 2. The lowest BCUT2D eigenvalue weighted by molar-refractivity contribution is -0.160. The van der Waals surface area contributed by atoms with Gasteiger partial charge in [0.2, 0.25) is 5.91 Å². The third-order valence-corrected chi connectivity index (χ3v) is 4.81. The average molecular weight is 402 g/mol. The fourth-order valence-electron chi connectivity index (χ4n) is 3.08. The summed E-state index contributed by atoms with van der Waals surface area (Å²) in [4.78, 5) is 38.5. The number of benzene rings is 1. The molecule has 29 heavy (non-hydrogen) atoms. The zero-order valence-electron chi connectivity index (χ0n) is 17.3. The van der Waals surface area contributed by atoms with Gasteiger partial charge < -0.3 is 19.7 Å². The Morgan fingerprint density at radius 2 is 1.66 bits per heavy atom. The minimum absolute atomic E-state index is 0.182. The lowest BCUT2D eigenvalue weighted by Gasteiger charge is -2.24. The van der Waals surface area contributed by atoms with Gasteiger partial charge in [-0.1, -0.05) is 25.0 Å². The molecule has 1 aliphatic heterocycles. The van der Waals surface area contributed by atoms with Gasteiger partial charge in [-0.2, -0.15) is 0 Å². The monoisotopic (exact) mass is 402 g/mol. The molecule has 1 unspecified atom stereocenters. The van der Waals surface area contributed by atoms with Crippen LogP contribution in [0.15, 0.2) is 30.3 Å². The van der Waals surface area contributed by atoms with Crippen molar-refractivity contribution in [3.05, 3.63) is 35.9 Å². The maximum Gasteiger partial charge on any atom is 0.329 e. The normalized spacial score (nSPS) is 16.6. The van der Waals surface area contributed by atoms with Gasteiger partial charge >= 0.3 is 5.97 Å². The molecule has 7 nitrogen and oxygen atoms in total. The van der Waals surface area contributed by atoms with E-state index in [2.05, 4.69) is 5.32 Å². The highest BCUT2D eigenvalue weighted by atomic mass is 16.5. The molecule has 2 rings (SSSR count). The van der Waals surface area contributed by atoms with Crippen molar-refractivity contribution < 1.29 is 23.9 Å². The van der Waals surface area contributed by atoms with Crippen molar-refractivity contribution in [1.29, 1.82) is 0 Å². The predicted octanol–water partition coefficient (Wildman–Crippen LogP) is 2.55. The van der Waals surface area contributed by atoms with E-state index in [9.17, 15) is 14.4 Å². The molecule has 1 aromatic carbocycles. The van der Waals surface area contributed by atoms with Crippen molar-refractivity contribution in [3.63, 3.8) is 0 Å². The molecule has 0 aromatic heterocycles. The minimum atomic E-state index is -0.866. The van der Waals surface area contributed by atoms with Gasteiger partial charge in [0.15, 0.2) is 6.10 Å². The SMILES string of the molecule is COc1ccc(/C=C/C(=O)N[C@@H](C)C(=O)OC(C)C(=O)N2CCCCCC2)cc1. The van der Waals surface area contributed by atoms with Crippen molar-refractivity contribution in [2.75, 3.05) is 20.2 Å². The Morgan fingerprint density at radius 1 is 1.03 bits per heavy atom. The molecule has 2 atom stereocenters. The van der Waals surface area contributed by atoms with Crippen LogP contribution in [0.3, 0.4) is 0 Å². The first kappa shape index (κ1) is 22.5. The van der Waals surface area contributed by atoms with Crippen molar-refractivity contribution in [2.24, 2.45) is 0 Å². The molecule has 1 aromatic rings. The molecule has 1 heterocycles. The predicted molar refractivity (Wildman–Crippen MR) is 110 cm³/mol. The van der Waals surface area contributed by atoms with Crippen molar-refractivity contribution in [3.8, 4) is 5.75 Å². The number of likely N-dealkylation sites (tertiary alicyclic amines) is 1. The Balaban J connectivity index is 1.81. The number of nitrogens with one attached hydrogen (secondary N) is 1. The zero-order valence-corrected chi connectivity index (χ0v) is 17.3. The number of hydrogen-bond donors (Lipinski definition) is 1.